The van der Waals surface area contributed by atoms with Gasteiger partial charge in [0.1, 0.15) is 5.82 Å². The maximum Gasteiger partial charge on any atom is 0.195 e. The number of carbonyl (C=O) groups is 1. The minimum absolute atomic E-state index is 0.225. The van der Waals surface area contributed by atoms with E-state index in [1.807, 2.05) is 0 Å². The minimum Gasteiger partial charge on any atom is -0.289 e. The lowest BCUT2D eigenvalue weighted by atomic mass is 9.97. The molecule has 3 aromatic rings. The molecule has 0 fully saturated rings. The van der Waals surface area contributed by atoms with Crippen LogP contribution in [0.5, 0.6) is 0 Å². The molecule has 0 spiro atoms. The van der Waals surface area contributed by atoms with E-state index in [-0.39, 0.29) is 11.6 Å². The van der Waals surface area contributed by atoms with Crippen LogP contribution in [0.25, 0.3) is 10.8 Å². The Hall–Kier alpha value is -1.71. The van der Waals surface area contributed by atoms with E-state index in [1.165, 1.54) is 12.1 Å². The van der Waals surface area contributed by atoms with Gasteiger partial charge in [0.2, 0.25) is 0 Å². The molecule has 0 saturated carbocycles. The summed E-state index contributed by atoms with van der Waals surface area (Å²) < 4.78 is 14.5. The number of hydrogen-bond acceptors (Lipinski definition) is 1. The highest BCUT2D eigenvalue weighted by atomic mass is 79.9. The van der Waals surface area contributed by atoms with E-state index in [0.717, 1.165) is 0 Å². The number of ketones is 1. The van der Waals surface area contributed by atoms with Crippen molar-refractivity contribution in [3.63, 3.8) is 0 Å². The lowest BCUT2D eigenvalue weighted by Crippen LogP contribution is -2.04. The average molecular weight is 364 g/mol. The van der Waals surface area contributed by atoms with Crippen LogP contribution in [-0.2, 0) is 0 Å². The topological polar surface area (TPSA) is 17.1 Å². The van der Waals surface area contributed by atoms with Crippen molar-refractivity contribution < 1.29 is 9.18 Å². The van der Waals surface area contributed by atoms with Crippen LogP contribution in [-0.4, -0.2) is 5.78 Å². The second-order valence-corrected chi connectivity index (χ2v) is 5.80. The number of benzene rings is 3. The quantitative estimate of drug-likeness (QED) is 0.540. The maximum absolute atomic E-state index is 13.8. The van der Waals surface area contributed by atoms with Crippen molar-refractivity contribution >= 4 is 44.1 Å². The van der Waals surface area contributed by atoms with E-state index in [0.29, 0.717) is 31.4 Å². The van der Waals surface area contributed by atoms with Gasteiger partial charge in [-0.05, 0) is 45.6 Å². The fourth-order valence-electron chi connectivity index (χ4n) is 2.28. The van der Waals surface area contributed by atoms with Crippen LogP contribution >= 0.6 is 27.5 Å². The van der Waals surface area contributed by atoms with Crippen LogP contribution in [0, 0.1) is 5.82 Å². The zero-order chi connectivity index (χ0) is 15.0. The smallest absolute Gasteiger partial charge is 0.195 e. The summed E-state index contributed by atoms with van der Waals surface area (Å²) in [6.45, 7) is 0. The Labute approximate surface area is 134 Å². The summed E-state index contributed by atoms with van der Waals surface area (Å²) in [5.41, 5.74) is 0.829. The first kappa shape index (κ1) is 14.2. The Morgan fingerprint density at radius 3 is 2.38 bits per heavy atom. The minimum atomic E-state index is -0.345. The van der Waals surface area contributed by atoms with Gasteiger partial charge in [-0.2, -0.15) is 0 Å². The van der Waals surface area contributed by atoms with Gasteiger partial charge in [-0.1, -0.05) is 41.9 Å². The summed E-state index contributed by atoms with van der Waals surface area (Å²) in [7, 11) is 0. The first-order chi connectivity index (χ1) is 10.1. The van der Waals surface area contributed by atoms with Gasteiger partial charge >= 0.3 is 0 Å². The van der Waals surface area contributed by atoms with Crippen LogP contribution in [0.3, 0.4) is 0 Å². The lowest BCUT2D eigenvalue weighted by Gasteiger charge is -2.09. The average Bonchev–Trinajstić information content (AvgIpc) is 2.50. The van der Waals surface area contributed by atoms with Gasteiger partial charge in [-0.25, -0.2) is 4.39 Å². The molecule has 1 nitrogen and oxygen atoms in total. The van der Waals surface area contributed by atoms with Gasteiger partial charge in [0.05, 0.1) is 5.02 Å². The monoisotopic (exact) mass is 362 g/mol. The standard InChI is InChI=1S/C17H9BrClFO/c18-14-7-3-6-13(16(14)19)17(21)12-8-9-15(20)11-5-2-1-4-10(11)12/h1-9H. The molecule has 0 aliphatic carbocycles. The molecule has 104 valence electrons. The van der Waals surface area contributed by atoms with E-state index in [1.54, 1.807) is 42.5 Å². The molecule has 21 heavy (non-hydrogen) atoms. The van der Waals surface area contributed by atoms with Crippen molar-refractivity contribution in [2.24, 2.45) is 0 Å². The molecule has 0 aliphatic heterocycles. The summed E-state index contributed by atoms with van der Waals surface area (Å²) in [5, 5.41) is 1.36. The zero-order valence-electron chi connectivity index (χ0n) is 10.7. The predicted octanol–water partition coefficient (Wildman–Crippen LogP) is 5.63. The molecule has 0 amide bonds. The third-order valence-electron chi connectivity index (χ3n) is 3.31. The first-order valence-corrected chi connectivity index (χ1v) is 7.42. The molecule has 3 aromatic carbocycles. The highest BCUT2D eigenvalue weighted by Crippen LogP contribution is 2.30. The van der Waals surface area contributed by atoms with Crippen LogP contribution < -0.4 is 0 Å². The third kappa shape index (κ3) is 2.47. The maximum atomic E-state index is 13.8. The third-order valence-corrected chi connectivity index (χ3v) is 4.61. The Kier molecular flexibility index (Phi) is 3.79. The number of halogens is 3. The Morgan fingerprint density at radius 2 is 1.62 bits per heavy atom. The summed E-state index contributed by atoms with van der Waals surface area (Å²) in [6.07, 6.45) is 0. The molecule has 3 rings (SSSR count). The van der Waals surface area contributed by atoms with E-state index < -0.39 is 0 Å². The second-order valence-electron chi connectivity index (χ2n) is 4.57. The van der Waals surface area contributed by atoms with Crippen molar-refractivity contribution in [1.29, 1.82) is 0 Å². The zero-order valence-corrected chi connectivity index (χ0v) is 13.1. The molecule has 0 N–H and O–H groups in total. The van der Waals surface area contributed by atoms with Gasteiger partial charge < -0.3 is 0 Å². The molecule has 0 aliphatic rings. The molecule has 4 heteroatoms. The molecule has 0 atom stereocenters. The van der Waals surface area contributed by atoms with E-state index >= 15 is 0 Å². The van der Waals surface area contributed by atoms with Crippen molar-refractivity contribution in [2.45, 2.75) is 0 Å². The SMILES string of the molecule is O=C(c1cccc(Br)c1Cl)c1ccc(F)c2ccccc12. The van der Waals surface area contributed by atoms with Crippen molar-refractivity contribution in [3.05, 3.63) is 81.0 Å². The van der Waals surface area contributed by atoms with Crippen molar-refractivity contribution in [1.82, 2.24) is 0 Å². The summed E-state index contributed by atoms with van der Waals surface area (Å²) >= 11 is 9.48. The Balaban J connectivity index is 2.23. The molecular formula is C17H9BrClFO. The van der Waals surface area contributed by atoms with Gasteiger partial charge in [-0.3, -0.25) is 4.79 Å². The Bertz CT molecular complexity index is 861. The van der Waals surface area contributed by atoms with E-state index in [4.69, 9.17) is 11.6 Å². The number of carbonyl (C=O) groups excluding carboxylic acids is 1. The molecule has 0 radical (unpaired) electrons. The van der Waals surface area contributed by atoms with Gasteiger partial charge in [0.25, 0.3) is 0 Å². The van der Waals surface area contributed by atoms with E-state index in [9.17, 15) is 9.18 Å². The highest BCUT2D eigenvalue weighted by Gasteiger charge is 2.17. The van der Waals surface area contributed by atoms with Crippen LogP contribution in [0.4, 0.5) is 4.39 Å². The largest absolute Gasteiger partial charge is 0.289 e. The summed E-state index contributed by atoms with van der Waals surface area (Å²) in [4.78, 5) is 12.7. The molecule has 0 bridgehead atoms. The van der Waals surface area contributed by atoms with Crippen molar-refractivity contribution in [2.75, 3.05) is 0 Å². The molecule has 0 unspecified atom stereocenters. The first-order valence-electron chi connectivity index (χ1n) is 6.25. The summed E-state index contributed by atoms with van der Waals surface area (Å²) in [5.74, 6) is -0.569. The fourth-order valence-corrected chi connectivity index (χ4v) is 2.86. The summed E-state index contributed by atoms with van der Waals surface area (Å²) in [6, 6.07) is 14.9. The number of fused-ring (bicyclic) bond motifs is 1. The van der Waals surface area contributed by atoms with Crippen LogP contribution in [0.2, 0.25) is 5.02 Å². The second kappa shape index (κ2) is 5.58. The normalized spacial score (nSPS) is 10.8. The molecule has 0 saturated heterocycles. The number of hydrogen-bond donors (Lipinski definition) is 0. The fraction of sp³-hybridized carbons (Fsp3) is 0. The van der Waals surface area contributed by atoms with E-state index in [2.05, 4.69) is 15.9 Å². The lowest BCUT2D eigenvalue weighted by molar-refractivity contribution is 0.104. The van der Waals surface area contributed by atoms with Crippen LogP contribution in [0.15, 0.2) is 59.1 Å². The highest BCUT2D eigenvalue weighted by molar-refractivity contribution is 9.10. The van der Waals surface area contributed by atoms with Crippen LogP contribution in [0.1, 0.15) is 15.9 Å². The number of rotatable bonds is 2. The van der Waals surface area contributed by atoms with Gasteiger partial charge in [-0.15, -0.1) is 0 Å². The van der Waals surface area contributed by atoms with Crippen molar-refractivity contribution in [3.8, 4) is 0 Å². The molecular weight excluding hydrogens is 355 g/mol. The predicted molar refractivity (Wildman–Crippen MR) is 86.5 cm³/mol. The van der Waals surface area contributed by atoms with Gasteiger partial charge in [0, 0.05) is 21.0 Å². The Morgan fingerprint density at radius 1 is 0.905 bits per heavy atom. The molecule has 0 aromatic heterocycles. The molecule has 0 heterocycles. The van der Waals surface area contributed by atoms with Gasteiger partial charge in [0.15, 0.2) is 5.78 Å².